The van der Waals surface area contributed by atoms with Gasteiger partial charge in [0.15, 0.2) is 0 Å². The molecule has 1 aliphatic heterocycles. The number of nitrogens with zero attached hydrogens (tertiary/aromatic N) is 2. The first-order valence-corrected chi connectivity index (χ1v) is 12.4. The predicted octanol–water partition coefficient (Wildman–Crippen LogP) is 3.33. The Morgan fingerprint density at radius 2 is 1.70 bits per heavy atom. The Balaban J connectivity index is 1.53. The van der Waals surface area contributed by atoms with Crippen molar-refractivity contribution >= 4 is 27.7 Å². The van der Waals surface area contributed by atoms with Crippen LogP contribution in [0, 0.1) is 13.8 Å². The van der Waals surface area contributed by atoms with Gasteiger partial charge in [-0.15, -0.1) is 11.8 Å². The Morgan fingerprint density at radius 1 is 1.03 bits per heavy atom. The highest BCUT2D eigenvalue weighted by molar-refractivity contribution is 8.00. The second-order valence-electron chi connectivity index (χ2n) is 7.25. The van der Waals surface area contributed by atoms with Crippen molar-refractivity contribution in [2.24, 2.45) is 0 Å². The molecule has 0 radical (unpaired) electrons. The first-order chi connectivity index (χ1) is 14.3. The van der Waals surface area contributed by atoms with Gasteiger partial charge in [0.25, 0.3) is 0 Å². The Hall–Kier alpha value is -2.03. The van der Waals surface area contributed by atoms with E-state index in [0.29, 0.717) is 43.4 Å². The monoisotopic (exact) mass is 448 g/mol. The first kappa shape index (κ1) is 22.7. The molecule has 2 aromatic rings. The molecule has 0 aliphatic carbocycles. The van der Waals surface area contributed by atoms with Crippen molar-refractivity contribution in [1.29, 1.82) is 0 Å². The standard InChI is InChI=1S/C22H28N2O4S2/c1-4-28-19-6-8-20(9-7-19)29-16-22(25)23-11-13-24(14-12-23)30(26,27)21-10-5-17(2)15-18(21)3/h5-10,15H,4,11-14,16H2,1-3H3. The number of aryl methyl sites for hydroxylation is 2. The van der Waals surface area contributed by atoms with Crippen LogP contribution in [0.2, 0.25) is 0 Å². The Morgan fingerprint density at radius 3 is 2.30 bits per heavy atom. The lowest BCUT2D eigenvalue weighted by atomic mass is 10.2. The number of hydrogen-bond donors (Lipinski definition) is 0. The van der Waals surface area contributed by atoms with Crippen molar-refractivity contribution in [3.05, 3.63) is 53.6 Å². The fraction of sp³-hybridized carbons (Fsp3) is 0.409. The van der Waals surface area contributed by atoms with E-state index in [2.05, 4.69) is 0 Å². The molecule has 0 bridgehead atoms. The maximum Gasteiger partial charge on any atom is 0.243 e. The van der Waals surface area contributed by atoms with E-state index in [0.717, 1.165) is 21.8 Å². The van der Waals surface area contributed by atoms with Crippen LogP contribution >= 0.6 is 11.8 Å². The normalized spacial score (nSPS) is 15.2. The van der Waals surface area contributed by atoms with Gasteiger partial charge >= 0.3 is 0 Å². The van der Waals surface area contributed by atoms with Crippen molar-refractivity contribution in [1.82, 2.24) is 9.21 Å². The summed E-state index contributed by atoms with van der Waals surface area (Å²) in [7, 11) is -3.54. The molecule has 3 rings (SSSR count). The van der Waals surface area contributed by atoms with E-state index < -0.39 is 10.0 Å². The van der Waals surface area contributed by atoms with Gasteiger partial charge in [0.05, 0.1) is 17.3 Å². The van der Waals surface area contributed by atoms with E-state index >= 15 is 0 Å². The summed E-state index contributed by atoms with van der Waals surface area (Å²) in [5, 5.41) is 0. The highest BCUT2D eigenvalue weighted by atomic mass is 32.2. The summed E-state index contributed by atoms with van der Waals surface area (Å²) in [4.78, 5) is 15.7. The van der Waals surface area contributed by atoms with Crippen molar-refractivity contribution < 1.29 is 17.9 Å². The molecular formula is C22H28N2O4S2. The van der Waals surface area contributed by atoms with Crippen LogP contribution < -0.4 is 4.74 Å². The molecule has 0 N–H and O–H groups in total. The molecule has 162 valence electrons. The van der Waals surface area contributed by atoms with E-state index in [1.54, 1.807) is 11.0 Å². The molecule has 1 heterocycles. The van der Waals surface area contributed by atoms with Crippen LogP contribution in [0.1, 0.15) is 18.1 Å². The summed E-state index contributed by atoms with van der Waals surface area (Å²) in [5.74, 6) is 1.17. The summed E-state index contributed by atoms with van der Waals surface area (Å²) < 4.78 is 32.9. The largest absolute Gasteiger partial charge is 0.494 e. The minimum Gasteiger partial charge on any atom is -0.494 e. The number of sulfonamides is 1. The predicted molar refractivity (Wildman–Crippen MR) is 120 cm³/mol. The molecule has 30 heavy (non-hydrogen) atoms. The lowest BCUT2D eigenvalue weighted by Gasteiger charge is -2.34. The zero-order valence-electron chi connectivity index (χ0n) is 17.6. The molecule has 8 heteroatoms. The molecule has 1 fully saturated rings. The maximum atomic E-state index is 13.0. The topological polar surface area (TPSA) is 66.9 Å². The SMILES string of the molecule is CCOc1ccc(SCC(=O)N2CCN(S(=O)(=O)c3ccc(C)cc3C)CC2)cc1. The molecule has 0 aromatic heterocycles. The first-order valence-electron chi connectivity index (χ1n) is 10.0. The Labute approximate surface area is 183 Å². The fourth-order valence-corrected chi connectivity index (χ4v) is 5.87. The number of hydrogen-bond acceptors (Lipinski definition) is 5. The number of thioether (sulfide) groups is 1. The van der Waals surface area contributed by atoms with Crippen molar-refractivity contribution in [2.75, 3.05) is 38.5 Å². The summed E-state index contributed by atoms with van der Waals surface area (Å²) in [6.45, 7) is 7.77. The van der Waals surface area contributed by atoms with Crippen LogP contribution in [0.4, 0.5) is 0 Å². The number of piperazine rings is 1. The molecular weight excluding hydrogens is 420 g/mol. The van der Waals surface area contributed by atoms with E-state index in [1.165, 1.54) is 16.1 Å². The Bertz CT molecular complexity index is 983. The second-order valence-corrected chi connectivity index (χ2v) is 10.2. The van der Waals surface area contributed by atoms with Crippen LogP contribution in [0.5, 0.6) is 5.75 Å². The fourth-order valence-electron chi connectivity index (χ4n) is 3.44. The minimum atomic E-state index is -3.54. The van der Waals surface area contributed by atoms with Gasteiger partial charge in [-0.25, -0.2) is 8.42 Å². The van der Waals surface area contributed by atoms with E-state index in [9.17, 15) is 13.2 Å². The van der Waals surface area contributed by atoms with Gasteiger partial charge < -0.3 is 9.64 Å². The number of rotatable bonds is 7. The van der Waals surface area contributed by atoms with Crippen molar-refractivity contribution in [3.8, 4) is 5.75 Å². The summed E-state index contributed by atoms with van der Waals surface area (Å²) in [6, 6.07) is 13.0. The third-order valence-electron chi connectivity index (χ3n) is 5.04. The summed E-state index contributed by atoms with van der Waals surface area (Å²) in [5.41, 5.74) is 1.78. The van der Waals surface area contributed by atoms with Crippen LogP contribution in [0.25, 0.3) is 0 Å². The van der Waals surface area contributed by atoms with Gasteiger partial charge in [0, 0.05) is 31.1 Å². The average molecular weight is 449 g/mol. The lowest BCUT2D eigenvalue weighted by Crippen LogP contribution is -2.51. The molecule has 0 atom stereocenters. The van der Waals surface area contributed by atoms with Gasteiger partial charge in [-0.2, -0.15) is 4.31 Å². The lowest BCUT2D eigenvalue weighted by molar-refractivity contribution is -0.129. The van der Waals surface area contributed by atoms with Gasteiger partial charge in [-0.05, 0) is 56.7 Å². The second kappa shape index (κ2) is 9.85. The van der Waals surface area contributed by atoms with Gasteiger partial charge in [-0.3, -0.25) is 4.79 Å². The summed E-state index contributed by atoms with van der Waals surface area (Å²) >= 11 is 1.48. The van der Waals surface area contributed by atoms with Crippen LogP contribution in [-0.2, 0) is 14.8 Å². The van der Waals surface area contributed by atoms with E-state index in [4.69, 9.17) is 4.74 Å². The number of carbonyl (C=O) groups excluding carboxylic acids is 1. The summed E-state index contributed by atoms with van der Waals surface area (Å²) in [6.07, 6.45) is 0. The van der Waals surface area contributed by atoms with Crippen molar-refractivity contribution in [3.63, 3.8) is 0 Å². The number of benzene rings is 2. The quantitative estimate of drug-likeness (QED) is 0.608. The van der Waals surface area contributed by atoms with Gasteiger partial charge in [-0.1, -0.05) is 17.7 Å². The van der Waals surface area contributed by atoms with Crippen LogP contribution in [-0.4, -0.2) is 62.1 Å². The van der Waals surface area contributed by atoms with Crippen LogP contribution in [0.15, 0.2) is 52.3 Å². The number of ether oxygens (including phenoxy) is 1. The molecule has 6 nitrogen and oxygen atoms in total. The minimum absolute atomic E-state index is 0.0254. The molecule has 1 aliphatic rings. The Kier molecular flexibility index (Phi) is 7.44. The number of amides is 1. The molecule has 1 saturated heterocycles. The van der Waals surface area contributed by atoms with Crippen molar-refractivity contribution in [2.45, 2.75) is 30.6 Å². The maximum absolute atomic E-state index is 13.0. The zero-order chi connectivity index (χ0) is 21.7. The molecule has 0 saturated carbocycles. The van der Waals surface area contributed by atoms with Crippen LogP contribution in [0.3, 0.4) is 0 Å². The van der Waals surface area contributed by atoms with E-state index in [-0.39, 0.29) is 5.91 Å². The molecule has 2 aromatic carbocycles. The van der Waals surface area contributed by atoms with Gasteiger partial charge in [0.2, 0.25) is 15.9 Å². The highest BCUT2D eigenvalue weighted by Crippen LogP contribution is 2.24. The average Bonchev–Trinajstić information content (AvgIpc) is 2.73. The molecule has 0 unspecified atom stereocenters. The number of carbonyl (C=O) groups is 1. The third kappa shape index (κ3) is 5.36. The van der Waals surface area contributed by atoms with Gasteiger partial charge in [0.1, 0.15) is 5.75 Å². The van der Waals surface area contributed by atoms with E-state index in [1.807, 2.05) is 57.2 Å². The smallest absolute Gasteiger partial charge is 0.243 e. The molecule has 0 spiro atoms. The highest BCUT2D eigenvalue weighted by Gasteiger charge is 2.30. The zero-order valence-corrected chi connectivity index (χ0v) is 19.3. The molecule has 1 amide bonds. The third-order valence-corrected chi connectivity index (χ3v) is 8.09.